The molecule has 2 saturated carbocycles. The lowest BCUT2D eigenvalue weighted by Crippen LogP contribution is -2.33. The summed E-state index contributed by atoms with van der Waals surface area (Å²) in [7, 11) is 0. The molecule has 2 nitrogen and oxygen atoms in total. The third-order valence-corrected chi connectivity index (χ3v) is 3.81. The first kappa shape index (κ1) is 11.4. The fraction of sp³-hybridized carbons (Fsp3) is 1.00. The minimum atomic E-state index is 0.510. The van der Waals surface area contributed by atoms with Gasteiger partial charge in [0.2, 0.25) is 0 Å². The lowest BCUT2D eigenvalue weighted by molar-refractivity contribution is -0.0441. The first-order valence-electron chi connectivity index (χ1n) is 6.86. The molecule has 2 fully saturated rings. The number of rotatable bonds is 3. The first-order chi connectivity index (χ1) is 7.45. The maximum absolute atomic E-state index is 5.79. The van der Waals surface area contributed by atoms with E-state index < -0.39 is 0 Å². The van der Waals surface area contributed by atoms with E-state index >= 15 is 0 Å². The third-order valence-electron chi connectivity index (χ3n) is 3.81. The summed E-state index contributed by atoms with van der Waals surface area (Å²) in [5.41, 5.74) is 3.33. The summed E-state index contributed by atoms with van der Waals surface area (Å²) < 4.78 is 0. The molecule has 0 unspecified atom stereocenters. The highest BCUT2D eigenvalue weighted by Crippen LogP contribution is 2.21. The topological polar surface area (TPSA) is 21.3 Å². The average molecular weight is 211 g/mol. The molecule has 0 amide bonds. The second-order valence-corrected chi connectivity index (χ2v) is 5.18. The molecule has 1 N–H and O–H groups in total. The molecule has 2 rings (SSSR count). The van der Waals surface area contributed by atoms with Crippen molar-refractivity contribution >= 4 is 0 Å². The Kier molecular flexibility index (Phi) is 4.94. The lowest BCUT2D eigenvalue weighted by Gasteiger charge is -2.22. The Hall–Kier alpha value is -0.0800. The summed E-state index contributed by atoms with van der Waals surface area (Å²) in [5, 5.41) is 0. The van der Waals surface area contributed by atoms with Crippen molar-refractivity contribution in [3.8, 4) is 0 Å². The van der Waals surface area contributed by atoms with Crippen LogP contribution in [0.1, 0.15) is 70.6 Å². The molecule has 2 aliphatic rings. The Morgan fingerprint density at radius 1 is 0.667 bits per heavy atom. The quantitative estimate of drug-likeness (QED) is 0.721. The minimum absolute atomic E-state index is 0.510. The van der Waals surface area contributed by atoms with Gasteiger partial charge in [-0.25, -0.2) is 0 Å². The number of hydrogen-bond acceptors (Lipinski definition) is 2. The van der Waals surface area contributed by atoms with Crippen LogP contribution < -0.4 is 5.48 Å². The van der Waals surface area contributed by atoms with Crippen LogP contribution >= 0.6 is 0 Å². The van der Waals surface area contributed by atoms with Crippen molar-refractivity contribution in [2.75, 3.05) is 0 Å². The Labute approximate surface area is 93.7 Å². The second-order valence-electron chi connectivity index (χ2n) is 5.18. The zero-order valence-corrected chi connectivity index (χ0v) is 9.84. The van der Waals surface area contributed by atoms with E-state index in [4.69, 9.17) is 4.84 Å². The highest BCUT2D eigenvalue weighted by atomic mass is 16.7. The van der Waals surface area contributed by atoms with Crippen LogP contribution in [0.25, 0.3) is 0 Å². The minimum Gasteiger partial charge on any atom is -0.298 e. The van der Waals surface area contributed by atoms with Gasteiger partial charge in [0.15, 0.2) is 0 Å². The van der Waals surface area contributed by atoms with E-state index in [9.17, 15) is 0 Å². The van der Waals surface area contributed by atoms with Gasteiger partial charge < -0.3 is 0 Å². The molecule has 0 saturated heterocycles. The standard InChI is InChI=1S/C13H25NO/c1-2-4-8-12(9-5-3-1)14-15-13-10-6-7-11-13/h12-14H,1-11H2. The van der Waals surface area contributed by atoms with E-state index in [0.29, 0.717) is 12.1 Å². The van der Waals surface area contributed by atoms with Crippen molar-refractivity contribution in [3.63, 3.8) is 0 Å². The average Bonchev–Trinajstić information content (AvgIpc) is 2.68. The van der Waals surface area contributed by atoms with Gasteiger partial charge in [0, 0.05) is 6.04 Å². The van der Waals surface area contributed by atoms with Gasteiger partial charge >= 0.3 is 0 Å². The maximum Gasteiger partial charge on any atom is 0.0790 e. The van der Waals surface area contributed by atoms with Gasteiger partial charge in [0.25, 0.3) is 0 Å². The largest absolute Gasteiger partial charge is 0.298 e. The zero-order chi connectivity index (χ0) is 10.3. The number of hydroxylamine groups is 1. The van der Waals surface area contributed by atoms with E-state index in [1.165, 1.54) is 70.6 Å². The monoisotopic (exact) mass is 211 g/mol. The van der Waals surface area contributed by atoms with E-state index in [2.05, 4.69) is 5.48 Å². The molecule has 0 spiro atoms. The SMILES string of the molecule is C1CCCC(NOC2CCCC2)CCC1. The number of nitrogens with one attached hydrogen (secondary N) is 1. The van der Waals surface area contributed by atoms with Crippen LogP contribution in [0.4, 0.5) is 0 Å². The van der Waals surface area contributed by atoms with Crippen molar-refractivity contribution < 1.29 is 4.84 Å². The highest BCUT2D eigenvalue weighted by Gasteiger charge is 2.18. The predicted molar refractivity (Wildman–Crippen MR) is 62.6 cm³/mol. The van der Waals surface area contributed by atoms with E-state index in [0.717, 1.165) is 0 Å². The normalized spacial score (nSPS) is 26.4. The smallest absolute Gasteiger partial charge is 0.0790 e. The van der Waals surface area contributed by atoms with Crippen LogP contribution in [-0.2, 0) is 4.84 Å². The lowest BCUT2D eigenvalue weighted by atomic mass is 9.97. The Morgan fingerprint density at radius 3 is 1.87 bits per heavy atom. The Balaban J connectivity index is 1.62. The highest BCUT2D eigenvalue weighted by molar-refractivity contribution is 4.69. The molecule has 0 aromatic heterocycles. The van der Waals surface area contributed by atoms with Gasteiger partial charge in [-0.3, -0.25) is 4.84 Å². The molecule has 0 heterocycles. The molecule has 0 atom stereocenters. The zero-order valence-electron chi connectivity index (χ0n) is 9.84. The summed E-state index contributed by atoms with van der Waals surface area (Å²) in [6, 6.07) is 0.630. The Bertz CT molecular complexity index is 158. The Morgan fingerprint density at radius 2 is 1.20 bits per heavy atom. The van der Waals surface area contributed by atoms with Gasteiger partial charge in [-0.2, -0.15) is 5.48 Å². The third kappa shape index (κ3) is 4.12. The molecule has 0 aromatic rings. The van der Waals surface area contributed by atoms with E-state index in [1.807, 2.05) is 0 Å². The van der Waals surface area contributed by atoms with Crippen molar-refractivity contribution in [3.05, 3.63) is 0 Å². The van der Waals surface area contributed by atoms with Crippen LogP contribution in [0.2, 0.25) is 0 Å². The molecular formula is C13H25NO. The summed E-state index contributed by atoms with van der Waals surface area (Å²) in [6.07, 6.45) is 15.4. The van der Waals surface area contributed by atoms with Gasteiger partial charge in [0.05, 0.1) is 6.10 Å². The number of hydrogen-bond donors (Lipinski definition) is 1. The van der Waals surface area contributed by atoms with E-state index in [-0.39, 0.29) is 0 Å². The molecule has 2 aliphatic carbocycles. The molecule has 2 heteroatoms. The fourth-order valence-electron chi connectivity index (χ4n) is 2.77. The first-order valence-corrected chi connectivity index (χ1v) is 6.86. The van der Waals surface area contributed by atoms with Crippen molar-refractivity contribution in [2.45, 2.75) is 82.8 Å². The molecular weight excluding hydrogens is 186 g/mol. The van der Waals surface area contributed by atoms with Crippen LogP contribution in [0, 0.1) is 0 Å². The van der Waals surface area contributed by atoms with Gasteiger partial charge in [-0.05, 0) is 25.7 Å². The van der Waals surface area contributed by atoms with Gasteiger partial charge in [0.1, 0.15) is 0 Å². The van der Waals surface area contributed by atoms with Crippen molar-refractivity contribution in [1.82, 2.24) is 5.48 Å². The molecule has 88 valence electrons. The van der Waals surface area contributed by atoms with Crippen LogP contribution in [0.15, 0.2) is 0 Å². The molecule has 15 heavy (non-hydrogen) atoms. The van der Waals surface area contributed by atoms with Crippen molar-refractivity contribution in [1.29, 1.82) is 0 Å². The summed E-state index contributed by atoms with van der Waals surface area (Å²) in [6.45, 7) is 0. The molecule has 0 aliphatic heterocycles. The predicted octanol–water partition coefficient (Wildman–Crippen LogP) is 3.56. The molecule has 0 aromatic carbocycles. The van der Waals surface area contributed by atoms with Gasteiger partial charge in [-0.1, -0.05) is 44.9 Å². The summed E-state index contributed by atoms with van der Waals surface area (Å²) in [4.78, 5) is 5.79. The maximum atomic E-state index is 5.79. The summed E-state index contributed by atoms with van der Waals surface area (Å²) in [5.74, 6) is 0. The second kappa shape index (κ2) is 6.49. The molecule has 0 bridgehead atoms. The van der Waals surface area contributed by atoms with Crippen LogP contribution in [0.5, 0.6) is 0 Å². The molecule has 0 radical (unpaired) electrons. The van der Waals surface area contributed by atoms with E-state index in [1.54, 1.807) is 0 Å². The summed E-state index contributed by atoms with van der Waals surface area (Å²) >= 11 is 0. The van der Waals surface area contributed by atoms with Crippen molar-refractivity contribution in [2.24, 2.45) is 0 Å². The van der Waals surface area contributed by atoms with Crippen LogP contribution in [0.3, 0.4) is 0 Å². The fourth-order valence-corrected chi connectivity index (χ4v) is 2.77. The van der Waals surface area contributed by atoms with Crippen LogP contribution in [-0.4, -0.2) is 12.1 Å². The van der Waals surface area contributed by atoms with Gasteiger partial charge in [-0.15, -0.1) is 0 Å².